The summed E-state index contributed by atoms with van der Waals surface area (Å²) in [6.07, 6.45) is 3.49. The van der Waals surface area contributed by atoms with Crippen LogP contribution < -0.4 is 0 Å². The number of phenols is 1. The maximum absolute atomic E-state index is 13.4. The lowest BCUT2D eigenvalue weighted by molar-refractivity contribution is 0.0730. The summed E-state index contributed by atoms with van der Waals surface area (Å²) in [7, 11) is 0. The first kappa shape index (κ1) is 19.1. The second-order valence-corrected chi connectivity index (χ2v) is 7.94. The molecule has 1 aliphatic rings. The number of aryl methyl sites for hydroxylation is 2. The van der Waals surface area contributed by atoms with Crippen molar-refractivity contribution in [1.82, 2.24) is 20.1 Å². The van der Waals surface area contributed by atoms with Crippen LogP contribution in [0.5, 0.6) is 5.75 Å². The van der Waals surface area contributed by atoms with E-state index in [0.29, 0.717) is 23.5 Å². The van der Waals surface area contributed by atoms with Gasteiger partial charge in [0.15, 0.2) is 0 Å². The molecule has 5 rings (SSSR count). The Morgan fingerprint density at radius 1 is 1.10 bits per heavy atom. The fourth-order valence-corrected chi connectivity index (χ4v) is 4.47. The maximum Gasteiger partial charge on any atom is 0.273 e. The number of benzene rings is 2. The third kappa shape index (κ3) is 3.17. The third-order valence-corrected chi connectivity index (χ3v) is 5.75. The molecule has 0 aliphatic carbocycles. The van der Waals surface area contributed by atoms with Gasteiger partial charge in [0.05, 0.1) is 6.04 Å². The lowest BCUT2D eigenvalue weighted by Crippen LogP contribution is -2.29. The van der Waals surface area contributed by atoms with E-state index in [9.17, 15) is 9.90 Å². The summed E-state index contributed by atoms with van der Waals surface area (Å²) >= 11 is 0. The smallest absolute Gasteiger partial charge is 0.273 e. The van der Waals surface area contributed by atoms with Gasteiger partial charge >= 0.3 is 0 Å². The zero-order chi connectivity index (χ0) is 21.5. The first-order valence-corrected chi connectivity index (χ1v) is 10.2. The van der Waals surface area contributed by atoms with Crippen LogP contribution in [0.15, 0.2) is 67.0 Å². The molecule has 0 spiro atoms. The van der Waals surface area contributed by atoms with Crippen molar-refractivity contribution < 1.29 is 9.90 Å². The Balaban J connectivity index is 1.69. The van der Waals surface area contributed by atoms with E-state index in [1.54, 1.807) is 18.5 Å². The van der Waals surface area contributed by atoms with Crippen molar-refractivity contribution in [3.63, 3.8) is 0 Å². The fourth-order valence-electron chi connectivity index (χ4n) is 4.47. The largest absolute Gasteiger partial charge is 0.507 e. The van der Waals surface area contributed by atoms with Crippen LogP contribution >= 0.6 is 0 Å². The summed E-state index contributed by atoms with van der Waals surface area (Å²) in [5.74, 6) is 0.0486. The second kappa shape index (κ2) is 7.40. The van der Waals surface area contributed by atoms with E-state index in [0.717, 1.165) is 27.8 Å². The molecule has 1 atom stereocenters. The quantitative estimate of drug-likeness (QED) is 0.517. The number of aromatic hydroxyl groups is 1. The van der Waals surface area contributed by atoms with Gasteiger partial charge in [-0.25, -0.2) is 0 Å². The zero-order valence-electron chi connectivity index (χ0n) is 17.3. The molecule has 31 heavy (non-hydrogen) atoms. The zero-order valence-corrected chi connectivity index (χ0v) is 17.3. The standard InChI is InChI=1S/C25H22N4O2/c1-15-11-16(2)20(19(30)12-15)22-21-23(28-27-22)25(31)29(14-17-7-6-10-26-13-17)24(21)18-8-4-3-5-9-18/h3-13,24,30H,14H2,1-2H3,(H,27,28). The summed E-state index contributed by atoms with van der Waals surface area (Å²) in [4.78, 5) is 19.4. The molecule has 154 valence electrons. The number of nitrogens with zero attached hydrogens (tertiary/aromatic N) is 3. The molecule has 4 aromatic rings. The van der Waals surface area contributed by atoms with Gasteiger partial charge in [-0.2, -0.15) is 5.10 Å². The Morgan fingerprint density at radius 3 is 2.61 bits per heavy atom. The molecular weight excluding hydrogens is 388 g/mol. The first-order chi connectivity index (χ1) is 15.0. The molecule has 0 fully saturated rings. The highest BCUT2D eigenvalue weighted by atomic mass is 16.3. The molecule has 2 aromatic carbocycles. The number of hydrogen-bond acceptors (Lipinski definition) is 4. The number of H-pyrrole nitrogens is 1. The predicted molar refractivity (Wildman–Crippen MR) is 118 cm³/mol. The summed E-state index contributed by atoms with van der Waals surface area (Å²) in [6, 6.07) is 17.2. The van der Waals surface area contributed by atoms with Crippen LogP contribution in [0.2, 0.25) is 0 Å². The highest BCUT2D eigenvalue weighted by Crippen LogP contribution is 2.45. The highest BCUT2D eigenvalue weighted by Gasteiger charge is 2.42. The monoisotopic (exact) mass is 410 g/mol. The van der Waals surface area contributed by atoms with E-state index in [-0.39, 0.29) is 17.7 Å². The van der Waals surface area contributed by atoms with E-state index < -0.39 is 0 Å². The van der Waals surface area contributed by atoms with Gasteiger partial charge in [0.1, 0.15) is 17.1 Å². The maximum atomic E-state index is 13.4. The molecule has 1 unspecified atom stereocenters. The Kier molecular flexibility index (Phi) is 4.55. The average molecular weight is 410 g/mol. The molecule has 0 saturated carbocycles. The molecule has 0 bridgehead atoms. The number of pyridine rings is 1. The van der Waals surface area contributed by atoms with Gasteiger partial charge in [-0.05, 0) is 48.2 Å². The van der Waals surface area contributed by atoms with Crippen molar-refractivity contribution in [2.75, 3.05) is 0 Å². The van der Waals surface area contributed by atoms with E-state index in [4.69, 9.17) is 0 Å². The van der Waals surface area contributed by atoms with Crippen LogP contribution in [-0.4, -0.2) is 31.1 Å². The minimum Gasteiger partial charge on any atom is -0.507 e. The van der Waals surface area contributed by atoms with Crippen molar-refractivity contribution >= 4 is 5.91 Å². The molecule has 2 aromatic heterocycles. The van der Waals surface area contributed by atoms with E-state index in [1.165, 1.54) is 0 Å². The minimum atomic E-state index is -0.322. The minimum absolute atomic E-state index is 0.115. The van der Waals surface area contributed by atoms with Crippen LogP contribution in [0, 0.1) is 13.8 Å². The van der Waals surface area contributed by atoms with Crippen LogP contribution in [0.1, 0.15) is 44.3 Å². The topological polar surface area (TPSA) is 82.1 Å². The summed E-state index contributed by atoms with van der Waals surface area (Å²) in [6.45, 7) is 4.31. The summed E-state index contributed by atoms with van der Waals surface area (Å²) in [5, 5.41) is 18.2. The van der Waals surface area contributed by atoms with Gasteiger partial charge in [0, 0.05) is 30.1 Å². The van der Waals surface area contributed by atoms with Crippen LogP contribution in [-0.2, 0) is 6.54 Å². The van der Waals surface area contributed by atoms with E-state index in [1.807, 2.05) is 67.3 Å². The van der Waals surface area contributed by atoms with E-state index >= 15 is 0 Å². The normalized spacial score (nSPS) is 15.4. The molecule has 0 saturated heterocycles. The number of hydrogen-bond donors (Lipinski definition) is 2. The molecule has 1 aliphatic heterocycles. The van der Waals surface area contributed by atoms with Gasteiger partial charge in [-0.1, -0.05) is 42.5 Å². The predicted octanol–water partition coefficient (Wildman–Crippen LogP) is 4.54. The molecule has 2 N–H and O–H groups in total. The summed E-state index contributed by atoms with van der Waals surface area (Å²) < 4.78 is 0. The van der Waals surface area contributed by atoms with E-state index in [2.05, 4.69) is 15.2 Å². The van der Waals surface area contributed by atoms with Gasteiger partial charge in [-0.15, -0.1) is 0 Å². The SMILES string of the molecule is Cc1cc(C)c(-c2n[nH]c3c2C(c2ccccc2)N(Cc2cccnc2)C3=O)c(O)c1. The van der Waals surface area contributed by atoms with Crippen molar-refractivity contribution in [2.45, 2.75) is 26.4 Å². The Hall–Kier alpha value is -3.93. The van der Waals surface area contributed by atoms with Gasteiger partial charge in [0.2, 0.25) is 0 Å². The number of phenolic OH excluding ortho intramolecular Hbond substituents is 1. The molecular formula is C25H22N4O2. The van der Waals surface area contributed by atoms with Gasteiger partial charge in [-0.3, -0.25) is 14.9 Å². The lowest BCUT2D eigenvalue weighted by atomic mass is 9.93. The van der Waals surface area contributed by atoms with Crippen molar-refractivity contribution in [1.29, 1.82) is 0 Å². The summed E-state index contributed by atoms with van der Waals surface area (Å²) in [5.41, 5.74) is 6.35. The van der Waals surface area contributed by atoms with Crippen molar-refractivity contribution in [3.05, 3.63) is 101 Å². The molecule has 6 nitrogen and oxygen atoms in total. The van der Waals surface area contributed by atoms with Gasteiger partial charge in [0.25, 0.3) is 5.91 Å². The molecule has 6 heteroatoms. The molecule has 1 amide bonds. The lowest BCUT2D eigenvalue weighted by Gasteiger charge is -2.26. The molecule has 3 heterocycles. The fraction of sp³-hybridized carbons (Fsp3) is 0.160. The number of nitrogens with one attached hydrogen (secondary N) is 1. The van der Waals surface area contributed by atoms with Crippen LogP contribution in [0.4, 0.5) is 0 Å². The number of carbonyl (C=O) groups is 1. The van der Waals surface area contributed by atoms with Crippen LogP contribution in [0.3, 0.4) is 0 Å². The number of fused-ring (bicyclic) bond motifs is 1. The third-order valence-electron chi connectivity index (χ3n) is 5.75. The van der Waals surface area contributed by atoms with Crippen molar-refractivity contribution in [3.8, 4) is 17.0 Å². The number of rotatable bonds is 4. The molecule has 0 radical (unpaired) electrons. The second-order valence-electron chi connectivity index (χ2n) is 7.94. The first-order valence-electron chi connectivity index (χ1n) is 10.2. The Morgan fingerprint density at radius 2 is 1.90 bits per heavy atom. The number of amides is 1. The number of aromatic nitrogens is 3. The van der Waals surface area contributed by atoms with Crippen molar-refractivity contribution in [2.24, 2.45) is 0 Å². The average Bonchev–Trinajstić information content (AvgIpc) is 3.28. The number of aromatic amines is 1. The Labute approximate surface area is 180 Å². The van der Waals surface area contributed by atoms with Crippen LogP contribution in [0.25, 0.3) is 11.3 Å². The van der Waals surface area contributed by atoms with Gasteiger partial charge < -0.3 is 10.0 Å². The Bertz CT molecular complexity index is 1240. The highest BCUT2D eigenvalue weighted by molar-refractivity contribution is 6.00. The number of carbonyl (C=O) groups excluding carboxylic acids is 1.